The molecule has 0 radical (unpaired) electrons. The molecule has 1 heterocycles. The number of carbonyl (C=O) groups is 2. The Balaban J connectivity index is 0.00000176. The maximum absolute atomic E-state index is 14.0. The van der Waals surface area contributed by atoms with Crippen LogP contribution in [0.1, 0.15) is 76.6 Å². The van der Waals surface area contributed by atoms with Crippen LogP contribution in [-0.2, 0) is 9.53 Å². The first kappa shape index (κ1) is 26.3. The average Bonchev–Trinajstić information content (AvgIpc) is 2.78. The van der Waals surface area contributed by atoms with Crippen molar-refractivity contribution < 1.29 is 23.8 Å². The van der Waals surface area contributed by atoms with Crippen LogP contribution in [0, 0.1) is 5.41 Å². The number of esters is 1. The Hall–Kier alpha value is -1.93. The van der Waals surface area contributed by atoms with E-state index >= 15 is 0 Å². The fourth-order valence-electron chi connectivity index (χ4n) is 4.42. The maximum atomic E-state index is 14.0. The van der Waals surface area contributed by atoms with Gasteiger partial charge < -0.3 is 20.5 Å². The zero-order valence-corrected chi connectivity index (χ0v) is 20.3. The first-order valence-electron chi connectivity index (χ1n) is 11.2. The summed E-state index contributed by atoms with van der Waals surface area (Å²) in [5.74, 6) is -0.643. The van der Waals surface area contributed by atoms with Crippen LogP contribution in [-0.4, -0.2) is 52.9 Å². The summed E-state index contributed by atoms with van der Waals surface area (Å²) in [5.41, 5.74) is -1.42. The Kier molecular flexibility index (Phi) is 8.50. The van der Waals surface area contributed by atoms with E-state index in [1.54, 1.807) is 6.07 Å². The number of pyridine rings is 1. The van der Waals surface area contributed by atoms with E-state index in [0.717, 1.165) is 38.5 Å². The van der Waals surface area contributed by atoms with Crippen molar-refractivity contribution in [2.45, 2.75) is 83.5 Å². The first-order chi connectivity index (χ1) is 15.0. The number of nitrogens with one attached hydrogen (secondary N) is 2. The van der Waals surface area contributed by atoms with E-state index in [1.807, 2.05) is 13.8 Å². The second kappa shape index (κ2) is 10.3. The number of hydrogen-bond acceptors (Lipinski definition) is 6. The summed E-state index contributed by atoms with van der Waals surface area (Å²) in [6.45, 7) is 6.37. The molecular formula is C23H35ClFN3O4. The highest BCUT2D eigenvalue weighted by Crippen LogP contribution is 2.54. The highest BCUT2D eigenvalue weighted by atomic mass is 35.5. The summed E-state index contributed by atoms with van der Waals surface area (Å²) in [5, 5.41) is 16.0. The normalized spacial score (nSPS) is 25.2. The van der Waals surface area contributed by atoms with Gasteiger partial charge in [0.15, 0.2) is 0 Å². The summed E-state index contributed by atoms with van der Waals surface area (Å²) in [7, 11) is 1.43. The van der Waals surface area contributed by atoms with E-state index in [-0.39, 0.29) is 28.8 Å². The quantitative estimate of drug-likeness (QED) is 0.405. The van der Waals surface area contributed by atoms with Gasteiger partial charge in [0, 0.05) is 11.7 Å². The zero-order valence-electron chi connectivity index (χ0n) is 19.6. The lowest BCUT2D eigenvalue weighted by atomic mass is 9.57. The Morgan fingerprint density at radius 1 is 1.25 bits per heavy atom. The predicted molar refractivity (Wildman–Crippen MR) is 123 cm³/mol. The van der Waals surface area contributed by atoms with Gasteiger partial charge in [-0.2, -0.15) is 0 Å². The Labute approximate surface area is 194 Å². The molecule has 3 aliphatic rings. The number of ether oxygens (including phenoxy) is 1. The largest absolute Gasteiger partial charge is 0.469 e. The van der Waals surface area contributed by atoms with Gasteiger partial charge in [-0.1, -0.05) is 25.4 Å². The van der Waals surface area contributed by atoms with Crippen LogP contribution in [0.3, 0.4) is 0 Å². The van der Waals surface area contributed by atoms with Crippen molar-refractivity contribution in [2.24, 2.45) is 5.41 Å². The standard InChI is InChI=1S/C21H29ClFN3O4.C2H6/c1-19(2,29)15(23)12-25-17(27)13-11-24-16(22)10-14(13)26-21-7-4-20(5-8-21,6-9-21)18(28)30-3;1-2/h10-11,15,29H,4-9,12H2,1-3H3,(H,24,26)(H,25,27);1-2H3. The molecule has 3 saturated carbocycles. The molecule has 1 aromatic heterocycles. The second-order valence-corrected chi connectivity index (χ2v) is 9.45. The molecule has 0 aliphatic heterocycles. The highest BCUT2D eigenvalue weighted by Gasteiger charge is 2.53. The monoisotopic (exact) mass is 471 g/mol. The Morgan fingerprint density at radius 3 is 2.31 bits per heavy atom. The minimum Gasteiger partial charge on any atom is -0.469 e. The number of fused-ring (bicyclic) bond motifs is 3. The number of aliphatic hydroxyl groups is 1. The van der Waals surface area contributed by atoms with Crippen LogP contribution in [0.5, 0.6) is 0 Å². The number of halogens is 2. The molecule has 32 heavy (non-hydrogen) atoms. The molecule has 3 aliphatic carbocycles. The molecular weight excluding hydrogens is 437 g/mol. The molecule has 0 aromatic carbocycles. The predicted octanol–water partition coefficient (Wildman–Crippen LogP) is 4.28. The number of carbonyl (C=O) groups excluding carboxylic acids is 2. The zero-order chi connectivity index (χ0) is 24.2. The van der Waals surface area contributed by atoms with Gasteiger partial charge in [-0.3, -0.25) is 9.59 Å². The molecule has 1 aromatic rings. The summed E-state index contributed by atoms with van der Waals surface area (Å²) >= 11 is 6.07. The van der Waals surface area contributed by atoms with Gasteiger partial charge in [0.1, 0.15) is 11.3 Å². The van der Waals surface area contributed by atoms with E-state index in [1.165, 1.54) is 27.2 Å². The van der Waals surface area contributed by atoms with E-state index in [9.17, 15) is 19.1 Å². The van der Waals surface area contributed by atoms with Gasteiger partial charge in [0.05, 0.1) is 35.9 Å². The van der Waals surface area contributed by atoms with Crippen molar-refractivity contribution >= 4 is 29.2 Å². The minimum atomic E-state index is -1.61. The molecule has 3 fully saturated rings. The molecule has 4 rings (SSSR count). The summed E-state index contributed by atoms with van der Waals surface area (Å²) in [6.07, 6.45) is 4.24. The number of hydrogen-bond donors (Lipinski definition) is 3. The van der Waals surface area contributed by atoms with Crippen LogP contribution in [0.15, 0.2) is 12.3 Å². The Bertz CT molecular complexity index is 803. The lowest BCUT2D eigenvalue weighted by Gasteiger charge is -2.52. The van der Waals surface area contributed by atoms with Crippen LogP contribution < -0.4 is 10.6 Å². The summed E-state index contributed by atoms with van der Waals surface area (Å²) in [6, 6.07) is 1.59. The van der Waals surface area contributed by atoms with E-state index in [4.69, 9.17) is 16.3 Å². The van der Waals surface area contributed by atoms with E-state index in [0.29, 0.717) is 5.69 Å². The molecule has 3 N–H and O–H groups in total. The molecule has 180 valence electrons. The van der Waals surface area contributed by atoms with Gasteiger partial charge in [0.25, 0.3) is 5.91 Å². The second-order valence-electron chi connectivity index (χ2n) is 9.06. The molecule has 1 amide bonds. The lowest BCUT2D eigenvalue weighted by molar-refractivity contribution is -0.159. The molecule has 2 bridgehead atoms. The third-order valence-electron chi connectivity index (χ3n) is 6.59. The number of amides is 1. The number of aromatic nitrogens is 1. The number of rotatable bonds is 7. The third-order valence-corrected chi connectivity index (χ3v) is 6.79. The number of methoxy groups -OCH3 is 1. The highest BCUT2D eigenvalue weighted by molar-refractivity contribution is 6.29. The molecule has 9 heteroatoms. The van der Waals surface area contributed by atoms with Crippen LogP contribution >= 0.6 is 11.6 Å². The van der Waals surface area contributed by atoms with Crippen molar-refractivity contribution in [3.05, 3.63) is 23.0 Å². The summed E-state index contributed by atoms with van der Waals surface area (Å²) in [4.78, 5) is 28.9. The smallest absolute Gasteiger partial charge is 0.311 e. The van der Waals surface area contributed by atoms with Crippen molar-refractivity contribution in [3.8, 4) is 0 Å². The lowest BCUT2D eigenvalue weighted by Crippen LogP contribution is -2.53. The van der Waals surface area contributed by atoms with E-state index < -0.39 is 23.1 Å². The van der Waals surface area contributed by atoms with Gasteiger partial charge in [0.2, 0.25) is 0 Å². The maximum Gasteiger partial charge on any atom is 0.311 e. The average molecular weight is 472 g/mol. The number of alkyl halides is 1. The molecule has 0 saturated heterocycles. The number of nitrogens with zero attached hydrogens (tertiary/aromatic N) is 1. The van der Waals surface area contributed by atoms with Crippen LogP contribution in [0.25, 0.3) is 0 Å². The first-order valence-corrected chi connectivity index (χ1v) is 11.5. The van der Waals surface area contributed by atoms with Gasteiger partial charge >= 0.3 is 5.97 Å². The van der Waals surface area contributed by atoms with Crippen molar-refractivity contribution in [1.82, 2.24) is 10.3 Å². The van der Waals surface area contributed by atoms with Gasteiger partial charge in [-0.15, -0.1) is 0 Å². The third kappa shape index (κ3) is 5.70. The minimum absolute atomic E-state index is 0.143. The van der Waals surface area contributed by atoms with Gasteiger partial charge in [-0.25, -0.2) is 9.37 Å². The Morgan fingerprint density at radius 2 is 1.81 bits per heavy atom. The number of anilines is 1. The molecule has 1 atom stereocenters. The fourth-order valence-corrected chi connectivity index (χ4v) is 4.58. The van der Waals surface area contributed by atoms with Crippen molar-refractivity contribution in [1.29, 1.82) is 0 Å². The van der Waals surface area contributed by atoms with E-state index in [2.05, 4.69) is 15.6 Å². The van der Waals surface area contributed by atoms with Crippen LogP contribution in [0.2, 0.25) is 5.15 Å². The van der Waals surface area contributed by atoms with Crippen LogP contribution in [0.4, 0.5) is 10.1 Å². The molecule has 0 spiro atoms. The van der Waals surface area contributed by atoms with Crippen molar-refractivity contribution in [3.63, 3.8) is 0 Å². The summed E-state index contributed by atoms with van der Waals surface area (Å²) < 4.78 is 19.0. The van der Waals surface area contributed by atoms with Gasteiger partial charge in [-0.05, 0) is 58.4 Å². The topological polar surface area (TPSA) is 101 Å². The molecule has 1 unspecified atom stereocenters. The molecule has 7 nitrogen and oxygen atoms in total. The van der Waals surface area contributed by atoms with Crippen molar-refractivity contribution in [2.75, 3.05) is 19.0 Å². The fraction of sp³-hybridized carbons (Fsp3) is 0.696. The SMILES string of the molecule is CC.COC(=O)C12CCC(Nc3cc(Cl)ncc3C(=O)NCC(F)C(C)(C)O)(CC1)CC2.